The fourth-order valence-electron chi connectivity index (χ4n) is 4.19. The van der Waals surface area contributed by atoms with Crippen molar-refractivity contribution >= 4 is 17.7 Å². The summed E-state index contributed by atoms with van der Waals surface area (Å²) in [6.45, 7) is 3.04. The van der Waals surface area contributed by atoms with Crippen molar-refractivity contribution < 1.29 is 23.1 Å². The van der Waals surface area contributed by atoms with Crippen LogP contribution in [0.4, 0.5) is 24.9 Å². The lowest BCUT2D eigenvalue weighted by molar-refractivity contribution is -0.141. The number of nitrogens with zero attached hydrogens (tertiary/aromatic N) is 4. The second kappa shape index (κ2) is 5.99. The molecule has 1 aromatic heterocycles. The number of aliphatic carboxylic acids is 1. The monoisotopic (exact) mass is 370 g/mol. The maximum atomic E-state index is 13.6. The van der Waals surface area contributed by atoms with Crippen molar-refractivity contribution in [3.63, 3.8) is 0 Å². The van der Waals surface area contributed by atoms with E-state index in [-0.39, 0.29) is 42.4 Å². The van der Waals surface area contributed by atoms with Gasteiger partial charge < -0.3 is 14.9 Å². The molecule has 0 aromatic carbocycles. The molecule has 26 heavy (non-hydrogen) atoms. The lowest BCUT2D eigenvalue weighted by atomic mass is 9.76. The summed E-state index contributed by atoms with van der Waals surface area (Å²) in [6, 6.07) is 0.0810. The summed E-state index contributed by atoms with van der Waals surface area (Å²) in [5, 5.41) is 9.04. The van der Waals surface area contributed by atoms with Crippen LogP contribution in [0.15, 0.2) is 0 Å². The van der Waals surface area contributed by atoms with Gasteiger partial charge in [0.2, 0.25) is 5.95 Å². The summed E-state index contributed by atoms with van der Waals surface area (Å²) in [5.41, 5.74) is -0.691. The third-order valence-corrected chi connectivity index (χ3v) is 5.91. The average molecular weight is 370 g/mol. The SMILES string of the molecule is CC1CCN1c1nc2c(c(C(F)(F)F)n1)CCN2C1CCC1CC(=O)O. The highest BCUT2D eigenvalue weighted by atomic mass is 19.4. The third-order valence-electron chi connectivity index (χ3n) is 5.91. The lowest BCUT2D eigenvalue weighted by Gasteiger charge is -2.43. The Bertz CT molecular complexity index is 739. The Kier molecular flexibility index (Phi) is 4.00. The van der Waals surface area contributed by atoms with E-state index in [9.17, 15) is 18.0 Å². The van der Waals surface area contributed by atoms with Gasteiger partial charge in [-0.1, -0.05) is 0 Å². The summed E-state index contributed by atoms with van der Waals surface area (Å²) in [7, 11) is 0. The highest BCUT2D eigenvalue weighted by molar-refractivity contribution is 5.68. The van der Waals surface area contributed by atoms with E-state index in [0.717, 1.165) is 19.3 Å². The molecule has 0 bridgehead atoms. The van der Waals surface area contributed by atoms with Crippen LogP contribution in [0.1, 0.15) is 43.9 Å². The summed E-state index contributed by atoms with van der Waals surface area (Å²) in [5.74, 6) is -0.417. The molecule has 0 spiro atoms. The fraction of sp³-hybridized carbons (Fsp3) is 0.706. The van der Waals surface area contributed by atoms with Crippen LogP contribution in [0.25, 0.3) is 0 Å². The molecule has 2 aliphatic heterocycles. The first kappa shape index (κ1) is 17.4. The number of hydrogen-bond acceptors (Lipinski definition) is 5. The van der Waals surface area contributed by atoms with E-state index in [1.165, 1.54) is 0 Å². The normalized spacial score (nSPS) is 27.8. The molecule has 3 heterocycles. The summed E-state index contributed by atoms with van der Waals surface area (Å²) in [6.07, 6.45) is -1.74. The Balaban J connectivity index is 1.70. The van der Waals surface area contributed by atoms with E-state index < -0.39 is 17.8 Å². The van der Waals surface area contributed by atoms with E-state index in [1.54, 1.807) is 4.90 Å². The number of hydrogen-bond donors (Lipinski definition) is 1. The summed E-state index contributed by atoms with van der Waals surface area (Å²) >= 11 is 0. The van der Waals surface area contributed by atoms with Crippen LogP contribution in [-0.4, -0.2) is 46.2 Å². The largest absolute Gasteiger partial charge is 0.481 e. The Hall–Kier alpha value is -2.06. The number of halogens is 3. The van der Waals surface area contributed by atoms with E-state index in [1.807, 2.05) is 11.8 Å². The smallest absolute Gasteiger partial charge is 0.433 e. The predicted molar refractivity (Wildman–Crippen MR) is 88.3 cm³/mol. The minimum absolute atomic E-state index is 0.0332. The highest BCUT2D eigenvalue weighted by Crippen LogP contribution is 2.44. The molecule has 1 saturated carbocycles. The van der Waals surface area contributed by atoms with Crippen LogP contribution in [0.2, 0.25) is 0 Å². The Labute approximate surface area is 149 Å². The van der Waals surface area contributed by atoms with Crippen LogP contribution >= 0.6 is 0 Å². The highest BCUT2D eigenvalue weighted by Gasteiger charge is 2.45. The molecule has 1 saturated heterocycles. The zero-order valence-electron chi connectivity index (χ0n) is 14.5. The molecule has 3 aliphatic rings. The van der Waals surface area contributed by atoms with Gasteiger partial charge in [0.15, 0.2) is 5.69 Å². The molecule has 1 aromatic rings. The molecule has 3 unspecified atom stereocenters. The first-order valence-corrected chi connectivity index (χ1v) is 8.99. The van der Waals surface area contributed by atoms with Gasteiger partial charge in [0.05, 0.1) is 6.42 Å². The molecule has 4 rings (SSSR count). The standard InChI is InChI=1S/C17H21F3N4O2/c1-9-4-6-23(9)16-21-14(17(18,19)20)11-5-7-24(15(11)22-16)12-3-2-10(12)8-13(25)26/h9-10,12H,2-8H2,1H3,(H,25,26). The van der Waals surface area contributed by atoms with Gasteiger partial charge in [-0.15, -0.1) is 0 Å². The van der Waals surface area contributed by atoms with Crippen molar-refractivity contribution in [2.24, 2.45) is 5.92 Å². The van der Waals surface area contributed by atoms with E-state index in [0.29, 0.717) is 18.9 Å². The van der Waals surface area contributed by atoms with Gasteiger partial charge in [-0.05, 0) is 38.5 Å². The molecule has 1 N–H and O–H groups in total. The van der Waals surface area contributed by atoms with Crippen molar-refractivity contribution in [2.45, 2.75) is 57.3 Å². The fourth-order valence-corrected chi connectivity index (χ4v) is 4.19. The van der Waals surface area contributed by atoms with Gasteiger partial charge in [-0.25, -0.2) is 4.98 Å². The minimum atomic E-state index is -4.52. The number of fused-ring (bicyclic) bond motifs is 1. The minimum Gasteiger partial charge on any atom is -0.481 e. The first-order chi connectivity index (χ1) is 12.3. The number of alkyl halides is 3. The number of carboxylic acids is 1. The Morgan fingerprint density at radius 2 is 1.96 bits per heavy atom. The molecule has 2 fully saturated rings. The number of carbonyl (C=O) groups is 1. The topological polar surface area (TPSA) is 69.6 Å². The van der Waals surface area contributed by atoms with Gasteiger partial charge in [-0.2, -0.15) is 18.2 Å². The molecular weight excluding hydrogens is 349 g/mol. The quantitative estimate of drug-likeness (QED) is 0.879. The zero-order valence-corrected chi connectivity index (χ0v) is 14.5. The number of carboxylic acid groups (broad SMARTS) is 1. The van der Waals surface area contributed by atoms with Crippen LogP contribution in [-0.2, 0) is 17.4 Å². The Morgan fingerprint density at radius 3 is 2.46 bits per heavy atom. The van der Waals surface area contributed by atoms with E-state index >= 15 is 0 Å². The maximum absolute atomic E-state index is 13.6. The van der Waals surface area contributed by atoms with Crippen molar-refractivity contribution in [3.05, 3.63) is 11.3 Å². The number of rotatable bonds is 4. The van der Waals surface area contributed by atoms with E-state index in [4.69, 9.17) is 5.11 Å². The maximum Gasteiger partial charge on any atom is 0.433 e. The second-order valence-corrected chi connectivity index (χ2v) is 7.45. The lowest BCUT2D eigenvalue weighted by Crippen LogP contribution is -2.48. The van der Waals surface area contributed by atoms with Crippen LogP contribution in [0, 0.1) is 5.92 Å². The van der Waals surface area contributed by atoms with E-state index in [2.05, 4.69) is 9.97 Å². The van der Waals surface area contributed by atoms with Crippen molar-refractivity contribution in [3.8, 4) is 0 Å². The number of aromatic nitrogens is 2. The molecule has 6 nitrogen and oxygen atoms in total. The zero-order chi connectivity index (χ0) is 18.6. The van der Waals surface area contributed by atoms with Gasteiger partial charge in [0.25, 0.3) is 0 Å². The van der Waals surface area contributed by atoms with Gasteiger partial charge >= 0.3 is 12.1 Å². The molecule has 142 valence electrons. The first-order valence-electron chi connectivity index (χ1n) is 8.99. The molecule has 3 atom stereocenters. The average Bonchev–Trinajstić information content (AvgIpc) is 2.92. The summed E-state index contributed by atoms with van der Waals surface area (Å²) < 4.78 is 40.7. The molecular formula is C17H21F3N4O2. The van der Waals surface area contributed by atoms with Crippen molar-refractivity contribution in [1.82, 2.24) is 9.97 Å². The predicted octanol–water partition coefficient (Wildman–Crippen LogP) is 2.71. The van der Waals surface area contributed by atoms with Crippen molar-refractivity contribution in [2.75, 3.05) is 22.9 Å². The third kappa shape index (κ3) is 2.77. The molecule has 9 heteroatoms. The van der Waals surface area contributed by atoms with Crippen LogP contribution < -0.4 is 9.80 Å². The van der Waals surface area contributed by atoms with Gasteiger partial charge in [0, 0.05) is 30.7 Å². The van der Waals surface area contributed by atoms with Gasteiger partial charge in [-0.3, -0.25) is 4.79 Å². The van der Waals surface area contributed by atoms with Gasteiger partial charge in [0.1, 0.15) is 5.82 Å². The molecule has 0 amide bonds. The summed E-state index contributed by atoms with van der Waals surface area (Å²) in [4.78, 5) is 23.1. The van der Waals surface area contributed by atoms with Crippen LogP contribution in [0.3, 0.4) is 0 Å². The van der Waals surface area contributed by atoms with Crippen LogP contribution in [0.5, 0.6) is 0 Å². The Morgan fingerprint density at radius 1 is 1.19 bits per heavy atom. The second-order valence-electron chi connectivity index (χ2n) is 7.45. The molecule has 0 radical (unpaired) electrons. The number of anilines is 2. The van der Waals surface area contributed by atoms with Crippen molar-refractivity contribution in [1.29, 1.82) is 0 Å². The molecule has 1 aliphatic carbocycles.